The third-order valence-corrected chi connectivity index (χ3v) is 3.79. The van der Waals surface area contributed by atoms with E-state index in [0.29, 0.717) is 28.7 Å². The first kappa shape index (κ1) is 15.3. The Hall–Kier alpha value is -2.60. The number of nitrogens with two attached hydrogens (primary N) is 1. The first-order chi connectivity index (χ1) is 11.0. The van der Waals surface area contributed by atoms with Gasteiger partial charge in [0.2, 0.25) is 0 Å². The minimum absolute atomic E-state index is 0.129. The summed E-state index contributed by atoms with van der Waals surface area (Å²) in [5.41, 5.74) is 8.57. The summed E-state index contributed by atoms with van der Waals surface area (Å²) in [6.45, 7) is 3.91. The third-order valence-electron chi connectivity index (χ3n) is 3.54. The fraction of sp³-hybridized carbons (Fsp3) is 0.188. The van der Waals surface area contributed by atoms with Crippen molar-refractivity contribution in [2.75, 3.05) is 5.73 Å². The van der Waals surface area contributed by atoms with E-state index in [4.69, 9.17) is 21.9 Å². The van der Waals surface area contributed by atoms with Gasteiger partial charge < -0.3 is 10.3 Å². The second-order valence-electron chi connectivity index (χ2n) is 5.27. The lowest BCUT2D eigenvalue weighted by molar-refractivity contribution is 0.393. The van der Waals surface area contributed by atoms with Gasteiger partial charge in [0, 0.05) is 5.02 Å². The van der Waals surface area contributed by atoms with Crippen LogP contribution in [0.4, 0.5) is 5.69 Å². The Kier molecular flexibility index (Phi) is 3.92. The van der Waals surface area contributed by atoms with E-state index in [1.165, 1.54) is 4.68 Å². The molecule has 2 aromatic heterocycles. The first-order valence-corrected chi connectivity index (χ1v) is 7.39. The molecule has 0 fully saturated rings. The highest BCUT2D eigenvalue weighted by Crippen LogP contribution is 2.25. The molecule has 23 heavy (non-hydrogen) atoms. The Morgan fingerprint density at radius 1 is 1.26 bits per heavy atom. The molecular weight excluding hydrogens is 316 g/mol. The van der Waals surface area contributed by atoms with E-state index in [2.05, 4.69) is 10.3 Å². The molecular formula is C16H15ClN4O2. The van der Waals surface area contributed by atoms with Crippen molar-refractivity contribution in [3.8, 4) is 11.3 Å². The lowest BCUT2D eigenvalue weighted by atomic mass is 10.1. The monoisotopic (exact) mass is 330 g/mol. The maximum atomic E-state index is 12.2. The van der Waals surface area contributed by atoms with E-state index in [-0.39, 0.29) is 11.2 Å². The largest absolute Gasteiger partial charge is 0.394 e. The van der Waals surface area contributed by atoms with Gasteiger partial charge in [0.15, 0.2) is 0 Å². The predicted molar refractivity (Wildman–Crippen MR) is 88.4 cm³/mol. The molecule has 3 rings (SSSR count). The summed E-state index contributed by atoms with van der Waals surface area (Å²) in [5, 5.41) is 8.95. The van der Waals surface area contributed by atoms with Gasteiger partial charge in [-0.05, 0) is 37.6 Å². The van der Waals surface area contributed by atoms with Gasteiger partial charge in [-0.3, -0.25) is 4.79 Å². The molecule has 2 N–H and O–H groups in total. The average molecular weight is 331 g/mol. The van der Waals surface area contributed by atoms with Crippen LogP contribution in [0.5, 0.6) is 0 Å². The number of nitrogen functional groups attached to an aromatic ring is 1. The maximum Gasteiger partial charge on any atom is 0.290 e. The zero-order chi connectivity index (χ0) is 16.6. The molecule has 0 spiro atoms. The van der Waals surface area contributed by atoms with Crippen molar-refractivity contribution in [1.29, 1.82) is 0 Å². The normalized spacial score (nSPS) is 10.9. The van der Waals surface area contributed by atoms with Crippen molar-refractivity contribution >= 4 is 17.3 Å². The van der Waals surface area contributed by atoms with Crippen molar-refractivity contribution in [2.24, 2.45) is 0 Å². The standard InChI is InChI=1S/C16H15ClN4O2/c1-9-15(10(2)23-20-9)14-7-13(18)16(22)21(19-14)8-11-3-5-12(17)6-4-11/h3-7H,8,18H2,1-2H3. The Bertz CT molecular complexity index is 893. The van der Waals surface area contributed by atoms with Crippen LogP contribution in [0.1, 0.15) is 17.0 Å². The van der Waals surface area contributed by atoms with E-state index in [1.807, 2.05) is 19.1 Å². The second kappa shape index (κ2) is 5.89. The number of aromatic nitrogens is 3. The number of hydrogen-bond donors (Lipinski definition) is 1. The van der Waals surface area contributed by atoms with Crippen LogP contribution in [-0.4, -0.2) is 14.9 Å². The van der Waals surface area contributed by atoms with Crippen molar-refractivity contribution in [3.63, 3.8) is 0 Å². The molecule has 0 atom stereocenters. The molecule has 6 nitrogen and oxygen atoms in total. The Balaban J connectivity index is 2.07. The van der Waals surface area contributed by atoms with Crippen molar-refractivity contribution < 1.29 is 4.52 Å². The highest BCUT2D eigenvalue weighted by atomic mass is 35.5. The molecule has 2 heterocycles. The molecule has 3 aromatic rings. The summed E-state index contributed by atoms with van der Waals surface area (Å²) in [7, 11) is 0. The number of benzene rings is 1. The smallest absolute Gasteiger partial charge is 0.290 e. The fourth-order valence-electron chi connectivity index (χ4n) is 2.40. The van der Waals surface area contributed by atoms with Crippen LogP contribution in [0, 0.1) is 13.8 Å². The molecule has 0 bridgehead atoms. The number of hydrogen-bond acceptors (Lipinski definition) is 5. The van der Waals surface area contributed by atoms with Gasteiger partial charge in [0.1, 0.15) is 11.4 Å². The molecule has 0 aliphatic rings. The van der Waals surface area contributed by atoms with Crippen LogP contribution in [0.3, 0.4) is 0 Å². The molecule has 7 heteroatoms. The topological polar surface area (TPSA) is 86.9 Å². The summed E-state index contributed by atoms with van der Waals surface area (Å²) in [6, 6.07) is 8.77. The fourth-order valence-corrected chi connectivity index (χ4v) is 2.53. The Morgan fingerprint density at radius 3 is 2.57 bits per heavy atom. The summed E-state index contributed by atoms with van der Waals surface area (Å²) in [5.74, 6) is 0.631. The van der Waals surface area contributed by atoms with Gasteiger partial charge in [-0.2, -0.15) is 5.10 Å². The Labute approximate surface area is 137 Å². The van der Waals surface area contributed by atoms with Crippen LogP contribution in [0.2, 0.25) is 5.02 Å². The first-order valence-electron chi connectivity index (χ1n) is 7.01. The number of anilines is 1. The highest BCUT2D eigenvalue weighted by Gasteiger charge is 2.16. The van der Waals surface area contributed by atoms with E-state index in [0.717, 1.165) is 11.1 Å². The van der Waals surface area contributed by atoms with Crippen LogP contribution in [0.15, 0.2) is 39.6 Å². The quantitative estimate of drug-likeness (QED) is 0.798. The van der Waals surface area contributed by atoms with Gasteiger partial charge in [0.25, 0.3) is 5.56 Å². The van der Waals surface area contributed by atoms with Crippen molar-refractivity contribution in [2.45, 2.75) is 20.4 Å². The van der Waals surface area contributed by atoms with E-state index in [9.17, 15) is 4.79 Å². The number of halogens is 1. The van der Waals surface area contributed by atoms with Crippen LogP contribution < -0.4 is 11.3 Å². The minimum Gasteiger partial charge on any atom is -0.394 e. The summed E-state index contributed by atoms with van der Waals surface area (Å²) in [6.07, 6.45) is 0. The van der Waals surface area contributed by atoms with Gasteiger partial charge in [-0.1, -0.05) is 28.9 Å². The van der Waals surface area contributed by atoms with Crippen LogP contribution >= 0.6 is 11.6 Å². The lowest BCUT2D eigenvalue weighted by Crippen LogP contribution is -2.26. The zero-order valence-electron chi connectivity index (χ0n) is 12.7. The SMILES string of the molecule is Cc1noc(C)c1-c1cc(N)c(=O)n(Cc2ccc(Cl)cc2)n1. The Morgan fingerprint density at radius 2 is 1.96 bits per heavy atom. The maximum absolute atomic E-state index is 12.2. The third kappa shape index (κ3) is 2.98. The highest BCUT2D eigenvalue weighted by molar-refractivity contribution is 6.30. The second-order valence-corrected chi connectivity index (χ2v) is 5.71. The molecule has 0 saturated heterocycles. The van der Waals surface area contributed by atoms with Crippen LogP contribution in [-0.2, 0) is 6.54 Å². The van der Waals surface area contributed by atoms with Gasteiger partial charge >= 0.3 is 0 Å². The van der Waals surface area contributed by atoms with Crippen molar-refractivity contribution in [1.82, 2.24) is 14.9 Å². The van der Waals surface area contributed by atoms with Crippen molar-refractivity contribution in [3.05, 3.63) is 62.7 Å². The summed E-state index contributed by atoms with van der Waals surface area (Å²) >= 11 is 5.88. The minimum atomic E-state index is -0.338. The molecule has 118 valence electrons. The predicted octanol–water partition coefficient (Wildman–Crippen LogP) is 2.80. The van der Waals surface area contributed by atoms with Gasteiger partial charge in [-0.25, -0.2) is 4.68 Å². The zero-order valence-corrected chi connectivity index (χ0v) is 13.5. The number of nitrogens with zero attached hydrogens (tertiary/aromatic N) is 3. The average Bonchev–Trinajstić information content (AvgIpc) is 2.85. The van der Waals surface area contributed by atoms with Gasteiger partial charge in [0.05, 0.1) is 23.5 Å². The molecule has 0 unspecified atom stereocenters. The van der Waals surface area contributed by atoms with Gasteiger partial charge in [-0.15, -0.1) is 0 Å². The van der Waals surface area contributed by atoms with E-state index in [1.54, 1.807) is 25.1 Å². The molecule has 0 aliphatic carbocycles. The molecule has 1 aromatic carbocycles. The van der Waals surface area contributed by atoms with E-state index < -0.39 is 0 Å². The number of aryl methyl sites for hydroxylation is 2. The molecule has 0 aliphatic heterocycles. The number of rotatable bonds is 3. The summed E-state index contributed by atoms with van der Waals surface area (Å²) < 4.78 is 6.49. The molecule has 0 saturated carbocycles. The lowest BCUT2D eigenvalue weighted by Gasteiger charge is -2.09. The van der Waals surface area contributed by atoms with Crippen LogP contribution in [0.25, 0.3) is 11.3 Å². The molecule has 0 radical (unpaired) electrons. The van der Waals surface area contributed by atoms with E-state index >= 15 is 0 Å². The summed E-state index contributed by atoms with van der Waals surface area (Å²) in [4.78, 5) is 12.2. The molecule has 0 amide bonds.